The maximum absolute atomic E-state index is 11.2. The Morgan fingerprint density at radius 2 is 1.31 bits per heavy atom. The molecule has 32 heavy (non-hydrogen) atoms. The molecule has 0 spiro atoms. The first-order valence-electron chi connectivity index (χ1n) is 10.0. The molecule has 0 aliphatic carbocycles. The van der Waals surface area contributed by atoms with E-state index in [-0.39, 0.29) is 5.91 Å². The quantitative estimate of drug-likeness (QED) is 0.311. The van der Waals surface area contributed by atoms with Crippen LogP contribution in [0.25, 0.3) is 0 Å². The molecule has 0 fully saturated rings. The van der Waals surface area contributed by atoms with Crippen LogP contribution < -0.4 is 26.8 Å². The van der Waals surface area contributed by atoms with Crippen molar-refractivity contribution in [2.24, 2.45) is 0 Å². The van der Waals surface area contributed by atoms with E-state index in [0.29, 0.717) is 23.0 Å². The largest absolute Gasteiger partial charge is 0.393 e. The lowest BCUT2D eigenvalue weighted by molar-refractivity contribution is -0.114. The first kappa shape index (κ1) is 20.7. The highest BCUT2D eigenvalue weighted by molar-refractivity contribution is 5.89. The number of rotatable bonds is 7. The average molecular weight is 425 g/mol. The summed E-state index contributed by atoms with van der Waals surface area (Å²) < 4.78 is 0. The smallest absolute Gasteiger partial charge is 0.221 e. The number of carbonyl (C=O) groups excluding carboxylic acids is 1. The Balaban J connectivity index is 1.59. The van der Waals surface area contributed by atoms with Gasteiger partial charge in [-0.25, -0.2) is 9.97 Å². The number of hydrogen-bond acceptors (Lipinski definition) is 7. The molecule has 4 aromatic rings. The molecule has 0 unspecified atom stereocenters. The van der Waals surface area contributed by atoms with Crippen LogP contribution in [0.15, 0.2) is 91.3 Å². The lowest BCUT2D eigenvalue weighted by Crippen LogP contribution is -2.26. The van der Waals surface area contributed by atoms with Crippen molar-refractivity contribution in [2.75, 3.05) is 26.8 Å². The Morgan fingerprint density at radius 3 is 1.88 bits per heavy atom. The van der Waals surface area contributed by atoms with Crippen LogP contribution in [-0.4, -0.2) is 15.9 Å². The number of para-hydroxylation sites is 2. The summed E-state index contributed by atoms with van der Waals surface area (Å²) in [7, 11) is 0. The number of amides is 1. The highest BCUT2D eigenvalue weighted by Crippen LogP contribution is 2.30. The summed E-state index contributed by atoms with van der Waals surface area (Å²) >= 11 is 0. The van der Waals surface area contributed by atoms with Gasteiger partial charge in [0.25, 0.3) is 0 Å². The summed E-state index contributed by atoms with van der Waals surface area (Å²) in [5, 5.41) is 7.84. The fourth-order valence-electron chi connectivity index (χ4n) is 3.10. The molecule has 8 nitrogen and oxygen atoms in total. The molecule has 8 heteroatoms. The molecular formula is C24H23N7O. The fourth-order valence-corrected chi connectivity index (χ4v) is 3.10. The van der Waals surface area contributed by atoms with Gasteiger partial charge >= 0.3 is 0 Å². The van der Waals surface area contributed by atoms with Crippen LogP contribution in [0.3, 0.4) is 0 Å². The second-order valence-electron chi connectivity index (χ2n) is 6.99. The Hall–Kier alpha value is -4.59. The van der Waals surface area contributed by atoms with Gasteiger partial charge in [-0.15, -0.1) is 0 Å². The molecule has 0 saturated heterocycles. The topological polar surface area (TPSA) is 108 Å². The maximum atomic E-state index is 11.2. The Morgan fingerprint density at radius 1 is 0.781 bits per heavy atom. The summed E-state index contributed by atoms with van der Waals surface area (Å²) in [5.74, 6) is 0.809. The van der Waals surface area contributed by atoms with E-state index in [2.05, 4.69) is 26.0 Å². The van der Waals surface area contributed by atoms with Crippen LogP contribution in [0.2, 0.25) is 0 Å². The Kier molecular flexibility index (Phi) is 6.12. The molecule has 160 valence electrons. The molecule has 4 rings (SSSR count). The predicted molar refractivity (Wildman–Crippen MR) is 129 cm³/mol. The van der Waals surface area contributed by atoms with Crippen molar-refractivity contribution < 1.29 is 4.79 Å². The highest BCUT2D eigenvalue weighted by Gasteiger charge is 2.14. The lowest BCUT2D eigenvalue weighted by Gasteiger charge is -2.26. The van der Waals surface area contributed by atoms with Gasteiger partial charge < -0.3 is 16.4 Å². The summed E-state index contributed by atoms with van der Waals surface area (Å²) in [4.78, 5) is 19.8. The molecule has 0 atom stereocenters. The van der Waals surface area contributed by atoms with Gasteiger partial charge in [0.15, 0.2) is 11.6 Å². The molecular weight excluding hydrogens is 402 g/mol. The number of hydrogen-bond donors (Lipinski definition) is 4. The van der Waals surface area contributed by atoms with Crippen LogP contribution in [0.1, 0.15) is 6.92 Å². The van der Waals surface area contributed by atoms with E-state index in [0.717, 1.165) is 17.1 Å². The molecule has 5 N–H and O–H groups in total. The van der Waals surface area contributed by atoms with E-state index >= 15 is 0 Å². The predicted octanol–water partition coefficient (Wildman–Crippen LogP) is 4.93. The van der Waals surface area contributed by atoms with Crippen molar-refractivity contribution in [3.63, 3.8) is 0 Å². The van der Waals surface area contributed by atoms with Crippen LogP contribution in [0, 0.1) is 0 Å². The monoisotopic (exact) mass is 425 g/mol. The minimum atomic E-state index is -0.122. The number of anilines is 7. The zero-order valence-corrected chi connectivity index (χ0v) is 17.5. The first-order chi connectivity index (χ1) is 15.6. The van der Waals surface area contributed by atoms with Crippen molar-refractivity contribution in [1.29, 1.82) is 0 Å². The maximum Gasteiger partial charge on any atom is 0.221 e. The second kappa shape index (κ2) is 9.48. The molecule has 1 heterocycles. The van der Waals surface area contributed by atoms with E-state index in [9.17, 15) is 4.79 Å². The normalized spacial score (nSPS) is 10.3. The molecule has 1 aromatic heterocycles. The third-order valence-electron chi connectivity index (χ3n) is 4.60. The summed E-state index contributed by atoms with van der Waals surface area (Å²) in [6.07, 6.45) is 1.45. The standard InChI is InChI=1S/C24H23N7O/c1-17(32)28-18-12-14-19(15-13-18)29-23-22(25)24(27-16-26-23)30-31(20-8-4-2-5-9-20)21-10-6-3-7-11-21/h2-16H,25H2,1H3,(H,28,32)(H2,26,27,29,30). The van der Waals surface area contributed by atoms with E-state index in [1.807, 2.05) is 77.8 Å². The van der Waals surface area contributed by atoms with Crippen molar-refractivity contribution in [1.82, 2.24) is 9.97 Å². The molecule has 0 aliphatic heterocycles. The van der Waals surface area contributed by atoms with Gasteiger partial charge in [-0.05, 0) is 48.5 Å². The average Bonchev–Trinajstić information content (AvgIpc) is 2.82. The highest BCUT2D eigenvalue weighted by atomic mass is 16.1. The molecule has 0 bridgehead atoms. The number of benzene rings is 3. The van der Waals surface area contributed by atoms with Crippen molar-refractivity contribution in [2.45, 2.75) is 6.92 Å². The number of nitrogens with one attached hydrogen (secondary N) is 3. The molecule has 0 radical (unpaired) electrons. The minimum absolute atomic E-state index is 0.122. The van der Waals surface area contributed by atoms with Crippen LogP contribution in [-0.2, 0) is 4.79 Å². The van der Waals surface area contributed by atoms with Gasteiger partial charge in [-0.1, -0.05) is 36.4 Å². The summed E-state index contributed by atoms with van der Waals surface area (Å²) in [6, 6.07) is 27.0. The number of carbonyl (C=O) groups is 1. The van der Waals surface area contributed by atoms with Crippen molar-refractivity contribution in [3.8, 4) is 0 Å². The fraction of sp³-hybridized carbons (Fsp3) is 0.0417. The number of nitrogens with zero attached hydrogens (tertiary/aromatic N) is 3. The number of nitrogens with two attached hydrogens (primary N) is 1. The lowest BCUT2D eigenvalue weighted by atomic mass is 10.2. The van der Waals surface area contributed by atoms with E-state index in [4.69, 9.17) is 5.73 Å². The Bertz CT molecular complexity index is 1140. The van der Waals surface area contributed by atoms with Crippen LogP contribution in [0.4, 0.5) is 40.1 Å². The molecule has 3 aromatic carbocycles. The van der Waals surface area contributed by atoms with E-state index in [1.54, 1.807) is 12.1 Å². The third kappa shape index (κ3) is 4.93. The zero-order valence-electron chi connectivity index (χ0n) is 17.5. The van der Waals surface area contributed by atoms with Gasteiger partial charge in [-0.3, -0.25) is 15.2 Å². The van der Waals surface area contributed by atoms with Gasteiger partial charge in [0.05, 0.1) is 11.4 Å². The van der Waals surface area contributed by atoms with Gasteiger partial charge in [0, 0.05) is 18.3 Å². The second-order valence-corrected chi connectivity index (χ2v) is 6.99. The minimum Gasteiger partial charge on any atom is -0.393 e. The van der Waals surface area contributed by atoms with Gasteiger partial charge in [-0.2, -0.15) is 0 Å². The Labute approximate surface area is 186 Å². The van der Waals surface area contributed by atoms with E-state index < -0.39 is 0 Å². The molecule has 0 aliphatic rings. The summed E-state index contributed by atoms with van der Waals surface area (Å²) in [6.45, 7) is 1.47. The van der Waals surface area contributed by atoms with Gasteiger partial charge in [0.1, 0.15) is 12.0 Å². The van der Waals surface area contributed by atoms with Crippen LogP contribution >= 0.6 is 0 Å². The van der Waals surface area contributed by atoms with Crippen LogP contribution in [0.5, 0.6) is 0 Å². The van der Waals surface area contributed by atoms with Gasteiger partial charge in [0.2, 0.25) is 5.91 Å². The molecule has 1 amide bonds. The van der Waals surface area contributed by atoms with E-state index in [1.165, 1.54) is 13.3 Å². The van der Waals surface area contributed by atoms with Crippen molar-refractivity contribution >= 4 is 46.0 Å². The zero-order chi connectivity index (χ0) is 22.3. The number of nitrogen functional groups attached to an aromatic ring is 1. The van der Waals surface area contributed by atoms with Crippen molar-refractivity contribution in [3.05, 3.63) is 91.3 Å². The third-order valence-corrected chi connectivity index (χ3v) is 4.60. The number of aromatic nitrogens is 2. The molecule has 0 saturated carbocycles. The first-order valence-corrected chi connectivity index (χ1v) is 10.0. The number of hydrazine groups is 1. The SMILES string of the molecule is CC(=O)Nc1ccc(Nc2ncnc(NN(c3ccccc3)c3ccccc3)c2N)cc1. The summed E-state index contributed by atoms with van der Waals surface area (Å²) in [5.41, 5.74) is 13.4.